The lowest BCUT2D eigenvalue weighted by Gasteiger charge is -2.26. The van der Waals surface area contributed by atoms with Crippen LogP contribution in [0.25, 0.3) is 0 Å². The number of rotatable bonds is 3. The molecule has 1 aromatic carbocycles. The van der Waals surface area contributed by atoms with Gasteiger partial charge in [-0.3, -0.25) is 4.79 Å². The van der Waals surface area contributed by atoms with E-state index in [9.17, 15) is 9.90 Å². The third-order valence-electron chi connectivity index (χ3n) is 4.09. The standard InChI is InChI=1S/C15H19NO2/c1-16-13-6-4-12(14(17)8-10-2-3-10)9-11(13)5-7-15(16)18/h4,6,9-10,14,17H,2-3,5,7-8H2,1H3. The number of benzene rings is 1. The summed E-state index contributed by atoms with van der Waals surface area (Å²) in [5, 5.41) is 10.2. The number of anilines is 1. The van der Waals surface area contributed by atoms with Gasteiger partial charge in [-0.1, -0.05) is 25.0 Å². The van der Waals surface area contributed by atoms with Crippen molar-refractivity contribution in [2.24, 2.45) is 5.92 Å². The second-order valence-corrected chi connectivity index (χ2v) is 5.54. The molecule has 0 saturated heterocycles. The highest BCUT2D eigenvalue weighted by Crippen LogP contribution is 2.38. The second-order valence-electron chi connectivity index (χ2n) is 5.54. The number of aliphatic hydroxyl groups is 1. The van der Waals surface area contributed by atoms with Crippen LogP contribution < -0.4 is 4.90 Å². The molecular weight excluding hydrogens is 226 g/mol. The van der Waals surface area contributed by atoms with Gasteiger partial charge < -0.3 is 10.0 Å². The van der Waals surface area contributed by atoms with E-state index in [1.54, 1.807) is 4.90 Å². The van der Waals surface area contributed by atoms with Gasteiger partial charge in [0.05, 0.1) is 6.10 Å². The molecule has 1 heterocycles. The van der Waals surface area contributed by atoms with Crippen LogP contribution >= 0.6 is 0 Å². The fraction of sp³-hybridized carbons (Fsp3) is 0.533. The minimum Gasteiger partial charge on any atom is -0.388 e. The van der Waals surface area contributed by atoms with E-state index in [2.05, 4.69) is 6.07 Å². The van der Waals surface area contributed by atoms with Crippen molar-refractivity contribution in [3.8, 4) is 0 Å². The van der Waals surface area contributed by atoms with E-state index < -0.39 is 0 Å². The highest BCUT2D eigenvalue weighted by atomic mass is 16.3. The number of hydrogen-bond acceptors (Lipinski definition) is 2. The summed E-state index contributed by atoms with van der Waals surface area (Å²) in [5.41, 5.74) is 3.18. The molecule has 0 radical (unpaired) electrons. The third kappa shape index (κ3) is 2.15. The van der Waals surface area contributed by atoms with Gasteiger partial charge in [-0.2, -0.15) is 0 Å². The van der Waals surface area contributed by atoms with Gasteiger partial charge in [0.2, 0.25) is 5.91 Å². The Bertz CT molecular complexity index is 479. The zero-order valence-electron chi connectivity index (χ0n) is 10.7. The summed E-state index contributed by atoms with van der Waals surface area (Å²) >= 11 is 0. The summed E-state index contributed by atoms with van der Waals surface area (Å²) < 4.78 is 0. The molecule has 1 N–H and O–H groups in total. The minimum absolute atomic E-state index is 0.175. The van der Waals surface area contributed by atoms with E-state index in [0.717, 1.165) is 30.0 Å². The first-order valence-corrected chi connectivity index (χ1v) is 6.72. The number of aryl methyl sites for hydroxylation is 1. The van der Waals surface area contributed by atoms with Crippen LogP contribution in [0.4, 0.5) is 5.69 Å². The molecule has 1 amide bonds. The van der Waals surface area contributed by atoms with Crippen LogP contribution in [-0.2, 0) is 11.2 Å². The summed E-state index contributed by atoms with van der Waals surface area (Å²) in [4.78, 5) is 13.3. The molecule has 0 aromatic heterocycles. The number of nitrogens with zero attached hydrogens (tertiary/aromatic N) is 1. The van der Waals surface area contributed by atoms with Gasteiger partial charge in [-0.05, 0) is 36.0 Å². The zero-order valence-corrected chi connectivity index (χ0v) is 10.7. The van der Waals surface area contributed by atoms with Crippen LogP contribution in [0.2, 0.25) is 0 Å². The molecule has 1 aliphatic carbocycles. The summed E-state index contributed by atoms with van der Waals surface area (Å²) in [5.74, 6) is 0.897. The Morgan fingerprint density at radius 3 is 2.89 bits per heavy atom. The van der Waals surface area contributed by atoms with E-state index in [1.165, 1.54) is 18.4 Å². The van der Waals surface area contributed by atoms with Crippen molar-refractivity contribution in [1.29, 1.82) is 0 Å². The minimum atomic E-state index is -0.342. The van der Waals surface area contributed by atoms with Gasteiger partial charge in [0.15, 0.2) is 0 Å². The normalized spacial score (nSPS) is 20.8. The van der Waals surface area contributed by atoms with Gasteiger partial charge in [-0.15, -0.1) is 0 Å². The molecule has 1 unspecified atom stereocenters. The zero-order chi connectivity index (χ0) is 12.7. The quantitative estimate of drug-likeness (QED) is 0.888. The lowest BCUT2D eigenvalue weighted by Crippen LogP contribution is -2.31. The van der Waals surface area contributed by atoms with E-state index in [1.807, 2.05) is 19.2 Å². The first-order valence-electron chi connectivity index (χ1n) is 6.72. The topological polar surface area (TPSA) is 40.5 Å². The SMILES string of the molecule is CN1C(=O)CCc2cc(C(O)CC3CC3)ccc21. The predicted molar refractivity (Wildman–Crippen MR) is 70.5 cm³/mol. The maximum absolute atomic E-state index is 11.6. The molecule has 3 heteroatoms. The predicted octanol–water partition coefficient (Wildman–Crippen LogP) is 2.43. The molecular formula is C15H19NO2. The van der Waals surface area contributed by atoms with Crippen LogP contribution in [-0.4, -0.2) is 18.1 Å². The van der Waals surface area contributed by atoms with Crippen LogP contribution in [0.5, 0.6) is 0 Å². The van der Waals surface area contributed by atoms with Crippen LogP contribution in [0.15, 0.2) is 18.2 Å². The third-order valence-corrected chi connectivity index (χ3v) is 4.09. The smallest absolute Gasteiger partial charge is 0.227 e. The first kappa shape index (κ1) is 11.7. The van der Waals surface area contributed by atoms with Gasteiger partial charge in [-0.25, -0.2) is 0 Å². The number of amides is 1. The number of fused-ring (bicyclic) bond motifs is 1. The summed E-state index contributed by atoms with van der Waals surface area (Å²) in [7, 11) is 1.82. The van der Waals surface area contributed by atoms with Gasteiger partial charge in [0.1, 0.15) is 0 Å². The summed E-state index contributed by atoms with van der Waals surface area (Å²) in [6, 6.07) is 6.00. The van der Waals surface area contributed by atoms with E-state index in [0.29, 0.717) is 6.42 Å². The number of carbonyl (C=O) groups excluding carboxylic acids is 1. The molecule has 3 rings (SSSR count). The van der Waals surface area contributed by atoms with Crippen LogP contribution in [0.3, 0.4) is 0 Å². The fourth-order valence-electron chi connectivity index (χ4n) is 2.69. The lowest BCUT2D eigenvalue weighted by atomic mass is 9.95. The molecule has 1 fully saturated rings. The van der Waals surface area contributed by atoms with Gasteiger partial charge in [0.25, 0.3) is 0 Å². The van der Waals surface area contributed by atoms with Gasteiger partial charge in [0, 0.05) is 19.2 Å². The summed E-state index contributed by atoms with van der Waals surface area (Å²) in [6.07, 6.45) is 4.44. The molecule has 1 saturated carbocycles. The van der Waals surface area contributed by atoms with Crippen molar-refractivity contribution in [1.82, 2.24) is 0 Å². The molecule has 2 aliphatic rings. The molecule has 1 aromatic rings. The largest absolute Gasteiger partial charge is 0.388 e. The molecule has 0 spiro atoms. The Balaban J connectivity index is 1.83. The van der Waals surface area contributed by atoms with Crippen molar-refractivity contribution in [3.05, 3.63) is 29.3 Å². The number of carbonyl (C=O) groups is 1. The average Bonchev–Trinajstić information content (AvgIpc) is 3.17. The maximum Gasteiger partial charge on any atom is 0.227 e. The summed E-state index contributed by atoms with van der Waals surface area (Å²) in [6.45, 7) is 0. The molecule has 96 valence electrons. The molecule has 1 aliphatic heterocycles. The first-order chi connectivity index (χ1) is 8.65. The molecule has 18 heavy (non-hydrogen) atoms. The number of aliphatic hydroxyl groups excluding tert-OH is 1. The van der Waals surface area contributed by atoms with Crippen molar-refractivity contribution in [3.63, 3.8) is 0 Å². The van der Waals surface area contributed by atoms with E-state index >= 15 is 0 Å². The Hall–Kier alpha value is -1.35. The monoisotopic (exact) mass is 245 g/mol. The Labute approximate surface area is 107 Å². The lowest BCUT2D eigenvalue weighted by molar-refractivity contribution is -0.118. The fourth-order valence-corrected chi connectivity index (χ4v) is 2.69. The van der Waals surface area contributed by atoms with Gasteiger partial charge >= 0.3 is 0 Å². The average molecular weight is 245 g/mol. The number of hydrogen-bond donors (Lipinski definition) is 1. The van der Waals surface area contributed by atoms with Crippen molar-refractivity contribution >= 4 is 11.6 Å². The maximum atomic E-state index is 11.6. The molecule has 3 nitrogen and oxygen atoms in total. The Morgan fingerprint density at radius 1 is 1.39 bits per heavy atom. The van der Waals surface area contributed by atoms with Crippen molar-refractivity contribution in [2.75, 3.05) is 11.9 Å². The van der Waals surface area contributed by atoms with Crippen LogP contribution in [0, 0.1) is 5.92 Å². The highest BCUT2D eigenvalue weighted by molar-refractivity contribution is 5.95. The van der Waals surface area contributed by atoms with Crippen molar-refractivity contribution in [2.45, 2.75) is 38.2 Å². The van der Waals surface area contributed by atoms with Crippen LogP contribution in [0.1, 0.15) is 42.9 Å². The second kappa shape index (κ2) is 4.39. The molecule has 1 atom stereocenters. The highest BCUT2D eigenvalue weighted by Gasteiger charge is 2.26. The van der Waals surface area contributed by atoms with E-state index in [-0.39, 0.29) is 12.0 Å². The van der Waals surface area contributed by atoms with Crippen molar-refractivity contribution < 1.29 is 9.90 Å². The molecule has 0 bridgehead atoms. The Kier molecular flexibility index (Phi) is 2.86. The Morgan fingerprint density at radius 2 is 2.17 bits per heavy atom. The van der Waals surface area contributed by atoms with E-state index in [4.69, 9.17) is 0 Å².